The van der Waals surface area contributed by atoms with Crippen LogP contribution >= 0.6 is 0 Å². The number of rotatable bonds is 4. The number of benzene rings is 2. The molecule has 0 radical (unpaired) electrons. The summed E-state index contributed by atoms with van der Waals surface area (Å²) in [5.41, 5.74) is 4.84. The van der Waals surface area contributed by atoms with Crippen molar-refractivity contribution in [3.05, 3.63) is 77.1 Å². The minimum Gasteiger partial charge on any atom is -0.497 e. The predicted octanol–water partition coefficient (Wildman–Crippen LogP) is 4.03. The van der Waals surface area contributed by atoms with Gasteiger partial charge in [0, 0.05) is 38.3 Å². The third kappa shape index (κ3) is 3.93. The Kier molecular flexibility index (Phi) is 5.52. The molecule has 3 aromatic rings. The lowest BCUT2D eigenvalue weighted by Crippen LogP contribution is -2.47. The van der Waals surface area contributed by atoms with Gasteiger partial charge in [0.15, 0.2) is 5.78 Å². The van der Waals surface area contributed by atoms with Crippen LogP contribution in [-0.2, 0) is 6.42 Å². The molecule has 5 rings (SSSR count). The molecule has 2 aliphatic rings. The molecule has 0 bridgehead atoms. The van der Waals surface area contributed by atoms with Crippen molar-refractivity contribution in [1.29, 1.82) is 0 Å². The number of carbonyl (C=O) groups is 1. The van der Waals surface area contributed by atoms with Crippen molar-refractivity contribution < 1.29 is 9.53 Å². The van der Waals surface area contributed by atoms with Gasteiger partial charge in [0.25, 0.3) is 0 Å². The van der Waals surface area contributed by atoms with Crippen LogP contribution in [0.25, 0.3) is 0 Å². The molecular weight excluding hydrogens is 400 g/mol. The van der Waals surface area contributed by atoms with Crippen molar-refractivity contribution in [2.45, 2.75) is 25.7 Å². The lowest BCUT2D eigenvalue weighted by atomic mass is 9.81. The number of fused-ring (bicyclic) bond motifs is 1. The first-order valence-electron chi connectivity index (χ1n) is 11.2. The van der Waals surface area contributed by atoms with E-state index in [1.807, 2.05) is 37.3 Å². The van der Waals surface area contributed by atoms with E-state index < -0.39 is 0 Å². The molecule has 0 N–H and O–H groups in total. The number of ketones is 1. The molecule has 1 aromatic heterocycles. The molecule has 164 valence electrons. The number of Topliss-reactive ketones (excluding diaryl/α,β-unsaturated/α-hetero) is 1. The molecule has 1 saturated heterocycles. The molecule has 6 nitrogen and oxygen atoms in total. The van der Waals surface area contributed by atoms with Crippen molar-refractivity contribution in [3.8, 4) is 5.75 Å². The Bertz CT molecular complexity index is 1110. The second kappa shape index (κ2) is 8.61. The normalized spacial score (nSPS) is 18.4. The van der Waals surface area contributed by atoms with Crippen LogP contribution in [0, 0.1) is 6.92 Å². The highest BCUT2D eigenvalue weighted by atomic mass is 16.5. The van der Waals surface area contributed by atoms with E-state index in [1.54, 1.807) is 7.11 Å². The predicted molar refractivity (Wildman–Crippen MR) is 126 cm³/mol. The van der Waals surface area contributed by atoms with Gasteiger partial charge in [0.05, 0.1) is 24.1 Å². The largest absolute Gasteiger partial charge is 0.497 e. The number of carbonyl (C=O) groups excluding carboxylic acids is 1. The van der Waals surface area contributed by atoms with Crippen LogP contribution in [0.1, 0.15) is 39.6 Å². The maximum Gasteiger partial charge on any atom is 0.225 e. The molecule has 0 amide bonds. The van der Waals surface area contributed by atoms with Crippen LogP contribution in [0.15, 0.2) is 54.6 Å². The average Bonchev–Trinajstić information content (AvgIpc) is 2.84. The Hall–Kier alpha value is -3.41. The highest BCUT2D eigenvalue weighted by molar-refractivity contribution is 5.99. The van der Waals surface area contributed by atoms with Gasteiger partial charge in [0.2, 0.25) is 5.95 Å². The summed E-state index contributed by atoms with van der Waals surface area (Å²) in [6.07, 6.45) is 1.31. The van der Waals surface area contributed by atoms with E-state index in [0.717, 1.165) is 61.2 Å². The Labute approximate surface area is 188 Å². The number of anilines is 2. The summed E-state index contributed by atoms with van der Waals surface area (Å²) in [6.45, 7) is 5.44. The van der Waals surface area contributed by atoms with E-state index in [1.165, 1.54) is 11.3 Å². The van der Waals surface area contributed by atoms with E-state index in [4.69, 9.17) is 14.7 Å². The first-order valence-corrected chi connectivity index (χ1v) is 11.2. The van der Waals surface area contributed by atoms with Crippen molar-refractivity contribution in [1.82, 2.24) is 9.97 Å². The number of aromatic nitrogens is 2. The third-order valence-electron chi connectivity index (χ3n) is 6.57. The number of piperazine rings is 1. The second-order valence-corrected chi connectivity index (χ2v) is 8.54. The Morgan fingerprint density at radius 1 is 0.875 bits per heavy atom. The van der Waals surface area contributed by atoms with E-state index in [2.05, 4.69) is 34.1 Å². The van der Waals surface area contributed by atoms with Crippen molar-refractivity contribution in [2.24, 2.45) is 0 Å². The summed E-state index contributed by atoms with van der Waals surface area (Å²) in [5, 5.41) is 0. The fourth-order valence-electron chi connectivity index (χ4n) is 4.82. The topological polar surface area (TPSA) is 58.6 Å². The average molecular weight is 429 g/mol. The van der Waals surface area contributed by atoms with Crippen molar-refractivity contribution >= 4 is 17.4 Å². The molecule has 32 heavy (non-hydrogen) atoms. The van der Waals surface area contributed by atoms with Crippen molar-refractivity contribution in [2.75, 3.05) is 43.1 Å². The molecule has 1 aliphatic heterocycles. The number of ether oxygens (including phenoxy) is 1. The Morgan fingerprint density at radius 3 is 2.25 bits per heavy atom. The number of methoxy groups -OCH3 is 1. The number of hydrogen-bond donors (Lipinski definition) is 0. The van der Waals surface area contributed by atoms with Crippen LogP contribution in [0.4, 0.5) is 11.6 Å². The van der Waals surface area contributed by atoms with Crippen LogP contribution in [0.5, 0.6) is 5.75 Å². The summed E-state index contributed by atoms with van der Waals surface area (Å²) >= 11 is 0. The fourth-order valence-corrected chi connectivity index (χ4v) is 4.82. The summed E-state index contributed by atoms with van der Waals surface area (Å²) in [4.78, 5) is 27.2. The molecule has 0 saturated carbocycles. The van der Waals surface area contributed by atoms with E-state index >= 15 is 0 Å². The van der Waals surface area contributed by atoms with Gasteiger partial charge in [-0.2, -0.15) is 0 Å². The first-order chi connectivity index (χ1) is 15.6. The van der Waals surface area contributed by atoms with E-state index in [9.17, 15) is 4.79 Å². The molecule has 0 spiro atoms. The first kappa shape index (κ1) is 20.5. The molecule has 2 aromatic carbocycles. The summed E-state index contributed by atoms with van der Waals surface area (Å²) in [5.74, 6) is 1.96. The van der Waals surface area contributed by atoms with Gasteiger partial charge in [-0.15, -0.1) is 0 Å². The molecule has 6 heteroatoms. The van der Waals surface area contributed by atoms with Gasteiger partial charge < -0.3 is 14.5 Å². The van der Waals surface area contributed by atoms with Gasteiger partial charge in [-0.3, -0.25) is 4.79 Å². The zero-order valence-corrected chi connectivity index (χ0v) is 18.6. The zero-order chi connectivity index (χ0) is 22.1. The summed E-state index contributed by atoms with van der Waals surface area (Å²) < 4.78 is 5.26. The quantitative estimate of drug-likeness (QED) is 0.625. The lowest BCUT2D eigenvalue weighted by molar-refractivity contribution is 0.0962. The van der Waals surface area contributed by atoms with Gasteiger partial charge in [-0.05, 0) is 49.1 Å². The maximum atomic E-state index is 12.9. The SMILES string of the molecule is COc1ccc(N2CCN(c3nc(C)c4c(n3)CC(c3ccccc3)CC4=O)CC2)cc1. The highest BCUT2D eigenvalue weighted by Crippen LogP contribution is 2.34. The lowest BCUT2D eigenvalue weighted by Gasteiger charge is -2.36. The summed E-state index contributed by atoms with van der Waals surface area (Å²) in [6, 6.07) is 18.5. The highest BCUT2D eigenvalue weighted by Gasteiger charge is 2.31. The van der Waals surface area contributed by atoms with Gasteiger partial charge in [-0.25, -0.2) is 9.97 Å². The summed E-state index contributed by atoms with van der Waals surface area (Å²) in [7, 11) is 1.68. The van der Waals surface area contributed by atoms with Gasteiger partial charge in [-0.1, -0.05) is 30.3 Å². The Morgan fingerprint density at radius 2 is 1.56 bits per heavy atom. The van der Waals surface area contributed by atoms with Gasteiger partial charge in [0.1, 0.15) is 5.75 Å². The molecule has 1 atom stereocenters. The molecule has 1 unspecified atom stereocenters. The zero-order valence-electron chi connectivity index (χ0n) is 18.6. The molecular formula is C26H28N4O2. The number of aryl methyl sites for hydroxylation is 1. The third-order valence-corrected chi connectivity index (χ3v) is 6.57. The van der Waals surface area contributed by atoms with E-state index in [-0.39, 0.29) is 11.7 Å². The van der Waals surface area contributed by atoms with Gasteiger partial charge >= 0.3 is 0 Å². The van der Waals surface area contributed by atoms with Crippen molar-refractivity contribution in [3.63, 3.8) is 0 Å². The maximum absolute atomic E-state index is 12.9. The van der Waals surface area contributed by atoms with Crippen LogP contribution in [0.2, 0.25) is 0 Å². The van der Waals surface area contributed by atoms with Crippen LogP contribution in [0.3, 0.4) is 0 Å². The monoisotopic (exact) mass is 428 g/mol. The number of hydrogen-bond acceptors (Lipinski definition) is 6. The standard InChI is InChI=1S/C26H28N4O2/c1-18-25-23(16-20(17-24(25)31)19-6-4-3-5-7-19)28-26(27-18)30-14-12-29(13-15-30)21-8-10-22(32-2)11-9-21/h3-11,20H,12-17H2,1-2H3. The smallest absolute Gasteiger partial charge is 0.225 e. The minimum absolute atomic E-state index is 0.161. The molecule has 1 aliphatic carbocycles. The van der Waals surface area contributed by atoms with Crippen LogP contribution in [-0.4, -0.2) is 49.0 Å². The minimum atomic E-state index is 0.161. The molecule has 1 fully saturated rings. The Balaban J connectivity index is 1.33. The second-order valence-electron chi connectivity index (χ2n) is 8.54. The fraction of sp³-hybridized carbons (Fsp3) is 0.346. The van der Waals surface area contributed by atoms with Crippen LogP contribution < -0.4 is 14.5 Å². The molecule has 2 heterocycles. The number of nitrogens with zero attached hydrogens (tertiary/aromatic N) is 4. The van der Waals surface area contributed by atoms with E-state index in [0.29, 0.717) is 6.42 Å².